The van der Waals surface area contributed by atoms with Crippen molar-refractivity contribution in [3.8, 4) is 5.75 Å². The molecule has 170 valence electrons. The van der Waals surface area contributed by atoms with E-state index < -0.39 is 11.7 Å². The Morgan fingerprint density at radius 1 is 0.794 bits per heavy atom. The largest absolute Gasteiger partial charge is 0.497 e. The lowest BCUT2D eigenvalue weighted by atomic mass is 10.1. The fraction of sp³-hybridized carbons (Fsp3) is 0.0769. The molecule has 0 fully saturated rings. The Bertz CT molecular complexity index is 1470. The normalized spacial score (nSPS) is 11.6. The van der Waals surface area contributed by atoms with Crippen molar-refractivity contribution in [3.63, 3.8) is 0 Å². The molecule has 0 amide bonds. The molecule has 8 heteroatoms. The predicted molar refractivity (Wildman–Crippen MR) is 129 cm³/mol. The van der Waals surface area contributed by atoms with Crippen LogP contribution in [0, 0.1) is 0 Å². The summed E-state index contributed by atoms with van der Waals surface area (Å²) in [5.41, 5.74) is 1.20. The van der Waals surface area contributed by atoms with E-state index in [2.05, 4.69) is 5.32 Å². The number of ether oxygens (including phenoxy) is 1. The van der Waals surface area contributed by atoms with E-state index in [9.17, 15) is 13.2 Å². The van der Waals surface area contributed by atoms with Gasteiger partial charge in [-0.3, -0.25) is 0 Å². The molecule has 1 aromatic heterocycles. The summed E-state index contributed by atoms with van der Waals surface area (Å²) in [5.74, 6) is 1.20. The highest BCUT2D eigenvalue weighted by atomic mass is 32.2. The number of hydrogen-bond acceptors (Lipinski definition) is 5. The van der Waals surface area contributed by atoms with Gasteiger partial charge >= 0.3 is 6.18 Å². The second-order valence-corrected chi connectivity index (χ2v) is 8.61. The van der Waals surface area contributed by atoms with E-state index in [1.165, 1.54) is 23.9 Å². The zero-order valence-electron chi connectivity index (χ0n) is 17.9. The Hall–Kier alpha value is -3.78. The summed E-state index contributed by atoms with van der Waals surface area (Å²) in [5, 5.41) is 5.83. The molecule has 0 saturated carbocycles. The third-order valence-electron chi connectivity index (χ3n) is 5.25. The second kappa shape index (κ2) is 8.87. The van der Waals surface area contributed by atoms with Gasteiger partial charge in [0.15, 0.2) is 5.82 Å². The van der Waals surface area contributed by atoms with Gasteiger partial charge in [-0.25, -0.2) is 9.97 Å². The quantitative estimate of drug-likeness (QED) is 0.263. The number of alkyl halides is 3. The summed E-state index contributed by atoms with van der Waals surface area (Å²) < 4.78 is 44.1. The summed E-state index contributed by atoms with van der Waals surface area (Å²) in [4.78, 5) is 10.5. The maximum absolute atomic E-state index is 13.0. The number of hydrogen-bond donors (Lipinski definition) is 1. The first kappa shape index (κ1) is 22.0. The molecular formula is C26H18F3N3OS. The van der Waals surface area contributed by atoms with Crippen molar-refractivity contribution in [2.75, 3.05) is 12.4 Å². The van der Waals surface area contributed by atoms with Crippen LogP contribution in [0.1, 0.15) is 5.56 Å². The Balaban J connectivity index is 1.57. The first-order valence-corrected chi connectivity index (χ1v) is 11.2. The number of anilines is 2. The number of aromatic nitrogens is 2. The van der Waals surface area contributed by atoms with Crippen LogP contribution in [0.25, 0.3) is 21.8 Å². The lowest BCUT2D eigenvalue weighted by molar-refractivity contribution is -0.137. The monoisotopic (exact) mass is 477 g/mol. The molecule has 4 aromatic carbocycles. The maximum Gasteiger partial charge on any atom is 0.416 e. The number of fused-ring (bicyclic) bond motifs is 2. The van der Waals surface area contributed by atoms with Crippen molar-refractivity contribution in [2.24, 2.45) is 0 Å². The van der Waals surface area contributed by atoms with Gasteiger partial charge in [-0.1, -0.05) is 36.0 Å². The predicted octanol–water partition coefficient (Wildman–Crippen LogP) is 7.71. The summed E-state index contributed by atoms with van der Waals surface area (Å²) in [6.07, 6.45) is -4.39. The average molecular weight is 478 g/mol. The van der Waals surface area contributed by atoms with Gasteiger partial charge in [0.25, 0.3) is 0 Å². The van der Waals surface area contributed by atoms with Gasteiger partial charge in [-0.05, 0) is 71.4 Å². The van der Waals surface area contributed by atoms with Crippen LogP contribution in [-0.2, 0) is 6.18 Å². The maximum atomic E-state index is 13.0. The number of rotatable bonds is 5. The van der Waals surface area contributed by atoms with Crippen LogP contribution >= 0.6 is 11.8 Å². The highest BCUT2D eigenvalue weighted by Crippen LogP contribution is 2.36. The van der Waals surface area contributed by atoms with E-state index in [1.807, 2.05) is 60.7 Å². The van der Waals surface area contributed by atoms with Gasteiger partial charge in [0.2, 0.25) is 0 Å². The van der Waals surface area contributed by atoms with E-state index in [-0.39, 0.29) is 0 Å². The standard InChI is InChI=1S/C26H18F3N3OS/c1-33-20-10-12-21(13-11-20)34-25-24(30-19-8-6-18(7-9-19)26(27,28)29)31-22-14-16-4-2-3-5-17(16)15-23(22)32-25/h2-15H,1H3,(H,30,31). The van der Waals surface area contributed by atoms with Crippen LogP contribution in [0.5, 0.6) is 5.75 Å². The Kier molecular flexibility index (Phi) is 5.75. The van der Waals surface area contributed by atoms with Crippen LogP contribution in [0.2, 0.25) is 0 Å². The number of nitrogens with zero attached hydrogens (tertiary/aromatic N) is 2. The molecule has 4 nitrogen and oxygen atoms in total. The number of benzene rings is 4. The fourth-order valence-corrected chi connectivity index (χ4v) is 4.35. The fourth-order valence-electron chi connectivity index (χ4n) is 3.51. The molecule has 0 aliphatic rings. The minimum atomic E-state index is -4.39. The molecule has 0 saturated heterocycles. The van der Waals surface area contributed by atoms with Crippen LogP contribution in [0.15, 0.2) is 94.9 Å². The molecule has 0 aliphatic carbocycles. The highest BCUT2D eigenvalue weighted by molar-refractivity contribution is 7.99. The Morgan fingerprint density at radius 3 is 2.00 bits per heavy atom. The van der Waals surface area contributed by atoms with E-state index in [0.717, 1.165) is 39.1 Å². The third-order valence-corrected chi connectivity index (χ3v) is 6.23. The van der Waals surface area contributed by atoms with Gasteiger partial charge in [0, 0.05) is 10.6 Å². The van der Waals surface area contributed by atoms with E-state index >= 15 is 0 Å². The summed E-state index contributed by atoms with van der Waals surface area (Å²) in [6, 6.07) is 24.3. The van der Waals surface area contributed by atoms with Crippen molar-refractivity contribution < 1.29 is 17.9 Å². The summed E-state index contributed by atoms with van der Waals surface area (Å²) in [7, 11) is 1.60. The van der Waals surface area contributed by atoms with Crippen LogP contribution < -0.4 is 10.1 Å². The molecule has 0 bridgehead atoms. The molecule has 1 N–H and O–H groups in total. The van der Waals surface area contributed by atoms with Gasteiger partial charge < -0.3 is 10.1 Å². The minimum absolute atomic E-state index is 0.461. The first-order valence-electron chi connectivity index (χ1n) is 10.4. The van der Waals surface area contributed by atoms with E-state index in [4.69, 9.17) is 14.7 Å². The summed E-state index contributed by atoms with van der Waals surface area (Å²) >= 11 is 1.41. The molecule has 0 radical (unpaired) electrons. The number of halogens is 3. The molecule has 0 aliphatic heterocycles. The number of methoxy groups -OCH3 is 1. The lowest BCUT2D eigenvalue weighted by Crippen LogP contribution is -2.05. The Labute approximate surface area is 197 Å². The molecule has 0 unspecified atom stereocenters. The third kappa shape index (κ3) is 4.63. The van der Waals surface area contributed by atoms with Gasteiger partial charge in [0.05, 0.1) is 23.7 Å². The Morgan fingerprint density at radius 2 is 1.41 bits per heavy atom. The number of nitrogens with one attached hydrogen (secondary N) is 1. The van der Waals surface area contributed by atoms with E-state index in [1.54, 1.807) is 7.11 Å². The molecule has 1 heterocycles. The van der Waals surface area contributed by atoms with E-state index in [0.29, 0.717) is 22.0 Å². The second-order valence-electron chi connectivity index (χ2n) is 7.54. The molecular weight excluding hydrogens is 459 g/mol. The van der Waals surface area contributed by atoms with Crippen molar-refractivity contribution in [1.29, 1.82) is 0 Å². The molecule has 0 atom stereocenters. The smallest absolute Gasteiger partial charge is 0.416 e. The van der Waals surface area contributed by atoms with Crippen LogP contribution in [0.3, 0.4) is 0 Å². The zero-order valence-corrected chi connectivity index (χ0v) is 18.7. The molecule has 5 aromatic rings. The van der Waals surface area contributed by atoms with Gasteiger partial charge in [0.1, 0.15) is 10.8 Å². The van der Waals surface area contributed by atoms with Gasteiger partial charge in [-0.2, -0.15) is 13.2 Å². The van der Waals surface area contributed by atoms with Crippen molar-refractivity contribution >= 4 is 45.1 Å². The topological polar surface area (TPSA) is 47.0 Å². The van der Waals surface area contributed by atoms with Crippen LogP contribution in [0.4, 0.5) is 24.7 Å². The van der Waals surface area contributed by atoms with Crippen molar-refractivity contribution in [3.05, 3.63) is 90.5 Å². The molecule has 5 rings (SSSR count). The van der Waals surface area contributed by atoms with Gasteiger partial charge in [-0.15, -0.1) is 0 Å². The lowest BCUT2D eigenvalue weighted by Gasteiger charge is -2.13. The molecule has 34 heavy (non-hydrogen) atoms. The zero-order chi connectivity index (χ0) is 23.7. The first-order chi connectivity index (χ1) is 16.4. The summed E-state index contributed by atoms with van der Waals surface area (Å²) in [6.45, 7) is 0. The minimum Gasteiger partial charge on any atom is -0.497 e. The van der Waals surface area contributed by atoms with Crippen molar-refractivity contribution in [2.45, 2.75) is 16.1 Å². The average Bonchev–Trinajstić information content (AvgIpc) is 2.83. The SMILES string of the molecule is COc1ccc(Sc2nc3cc4ccccc4cc3nc2Nc2ccc(C(F)(F)F)cc2)cc1. The highest BCUT2D eigenvalue weighted by Gasteiger charge is 2.30. The van der Waals surface area contributed by atoms with Crippen molar-refractivity contribution in [1.82, 2.24) is 9.97 Å². The molecule has 0 spiro atoms. The van der Waals surface area contributed by atoms with Crippen LogP contribution in [-0.4, -0.2) is 17.1 Å².